The minimum absolute atomic E-state index is 0.505. The van der Waals surface area contributed by atoms with Crippen LogP contribution in [0.4, 0.5) is 0 Å². The zero-order chi connectivity index (χ0) is 12.9. The topological polar surface area (TPSA) is 39.1 Å². The van der Waals surface area contributed by atoms with Gasteiger partial charge in [0.1, 0.15) is 12.4 Å². The maximum absolute atomic E-state index is 5.81. The standard InChI is InChI=1S/C15H19N3O/c1-2-4-15(5-3-1)19-12-14-8-11-17-18(14)13-6-9-16-10-7-13/h1-5,8,11,13,16H,6-7,9-10,12H2. The van der Waals surface area contributed by atoms with Crippen molar-refractivity contribution in [3.8, 4) is 5.75 Å². The van der Waals surface area contributed by atoms with Gasteiger partial charge in [0, 0.05) is 6.20 Å². The van der Waals surface area contributed by atoms with Gasteiger partial charge >= 0.3 is 0 Å². The largest absolute Gasteiger partial charge is 0.487 e. The van der Waals surface area contributed by atoms with E-state index in [1.54, 1.807) is 0 Å². The molecule has 0 atom stereocenters. The zero-order valence-corrected chi connectivity index (χ0v) is 11.0. The van der Waals surface area contributed by atoms with Crippen LogP contribution in [0.2, 0.25) is 0 Å². The number of hydrogen-bond donors (Lipinski definition) is 1. The minimum Gasteiger partial charge on any atom is -0.487 e. The fourth-order valence-electron chi connectivity index (χ4n) is 2.51. The molecule has 1 aromatic carbocycles. The minimum atomic E-state index is 0.505. The molecule has 2 aromatic rings. The SMILES string of the molecule is c1ccc(OCc2ccnn2C2CCNCC2)cc1. The van der Waals surface area contributed by atoms with Gasteiger partial charge in [0.15, 0.2) is 0 Å². The van der Waals surface area contributed by atoms with Gasteiger partial charge in [-0.3, -0.25) is 4.68 Å². The number of hydrogen-bond acceptors (Lipinski definition) is 3. The number of ether oxygens (including phenoxy) is 1. The van der Waals surface area contributed by atoms with Crippen LogP contribution < -0.4 is 10.1 Å². The van der Waals surface area contributed by atoms with Crippen LogP contribution >= 0.6 is 0 Å². The molecule has 4 nitrogen and oxygen atoms in total. The van der Waals surface area contributed by atoms with Crippen molar-refractivity contribution in [2.75, 3.05) is 13.1 Å². The van der Waals surface area contributed by atoms with Gasteiger partial charge in [-0.25, -0.2) is 0 Å². The van der Waals surface area contributed by atoms with Gasteiger partial charge in [0.05, 0.1) is 11.7 Å². The smallest absolute Gasteiger partial charge is 0.130 e. The highest BCUT2D eigenvalue weighted by Gasteiger charge is 2.17. The van der Waals surface area contributed by atoms with Gasteiger partial charge < -0.3 is 10.1 Å². The first-order chi connectivity index (χ1) is 9.43. The lowest BCUT2D eigenvalue weighted by atomic mass is 10.1. The fraction of sp³-hybridized carbons (Fsp3) is 0.400. The summed E-state index contributed by atoms with van der Waals surface area (Å²) in [6.07, 6.45) is 4.14. The molecule has 3 rings (SSSR count). The average molecular weight is 257 g/mol. The Bertz CT molecular complexity index is 503. The lowest BCUT2D eigenvalue weighted by Crippen LogP contribution is -2.30. The van der Waals surface area contributed by atoms with Crippen LogP contribution in [0.3, 0.4) is 0 Å². The fourth-order valence-corrected chi connectivity index (χ4v) is 2.51. The third-order valence-corrected chi connectivity index (χ3v) is 3.54. The van der Waals surface area contributed by atoms with Gasteiger partial charge in [0.25, 0.3) is 0 Å². The van der Waals surface area contributed by atoms with E-state index in [0.717, 1.165) is 37.4 Å². The second-order valence-corrected chi connectivity index (χ2v) is 4.85. The molecule has 0 bridgehead atoms. The number of aromatic nitrogens is 2. The first kappa shape index (κ1) is 12.2. The molecule has 0 radical (unpaired) electrons. The van der Waals surface area contributed by atoms with Crippen LogP contribution in [0.15, 0.2) is 42.6 Å². The highest BCUT2D eigenvalue weighted by atomic mass is 16.5. The molecule has 19 heavy (non-hydrogen) atoms. The lowest BCUT2D eigenvalue weighted by Gasteiger charge is -2.24. The summed E-state index contributed by atoms with van der Waals surface area (Å²) in [6.45, 7) is 2.72. The normalized spacial score (nSPS) is 16.4. The zero-order valence-electron chi connectivity index (χ0n) is 11.0. The van der Waals surface area contributed by atoms with Gasteiger partial charge in [-0.1, -0.05) is 18.2 Å². The summed E-state index contributed by atoms with van der Waals surface area (Å²) in [7, 11) is 0. The van der Waals surface area contributed by atoms with E-state index in [1.807, 2.05) is 42.6 Å². The van der Waals surface area contributed by atoms with Crippen LogP contribution in [0.5, 0.6) is 5.75 Å². The Hall–Kier alpha value is -1.81. The number of para-hydroxylation sites is 1. The van der Waals surface area contributed by atoms with Crippen molar-refractivity contribution in [2.45, 2.75) is 25.5 Å². The lowest BCUT2D eigenvalue weighted by molar-refractivity contribution is 0.270. The molecule has 100 valence electrons. The summed E-state index contributed by atoms with van der Waals surface area (Å²) < 4.78 is 7.93. The monoisotopic (exact) mass is 257 g/mol. The van der Waals surface area contributed by atoms with E-state index in [-0.39, 0.29) is 0 Å². The molecule has 0 amide bonds. The number of benzene rings is 1. The molecule has 0 aliphatic carbocycles. The Morgan fingerprint density at radius 3 is 2.74 bits per heavy atom. The van der Waals surface area contributed by atoms with E-state index in [9.17, 15) is 0 Å². The summed E-state index contributed by atoms with van der Waals surface area (Å²) in [4.78, 5) is 0. The summed E-state index contributed by atoms with van der Waals surface area (Å²) in [5.41, 5.74) is 1.15. The molecule has 0 spiro atoms. The van der Waals surface area contributed by atoms with Crippen LogP contribution in [0.25, 0.3) is 0 Å². The van der Waals surface area contributed by atoms with Crippen LogP contribution in [-0.4, -0.2) is 22.9 Å². The molecule has 1 saturated heterocycles. The highest BCUT2D eigenvalue weighted by molar-refractivity contribution is 5.21. The Morgan fingerprint density at radius 1 is 1.16 bits per heavy atom. The number of piperidine rings is 1. The van der Waals surface area contributed by atoms with Gasteiger partial charge in [-0.2, -0.15) is 5.10 Å². The summed E-state index contributed by atoms with van der Waals surface area (Å²) in [5.74, 6) is 0.903. The first-order valence-corrected chi connectivity index (χ1v) is 6.84. The van der Waals surface area contributed by atoms with Crippen molar-refractivity contribution >= 4 is 0 Å². The van der Waals surface area contributed by atoms with Crippen molar-refractivity contribution in [1.82, 2.24) is 15.1 Å². The molecule has 1 aromatic heterocycles. The quantitative estimate of drug-likeness (QED) is 0.914. The number of nitrogens with zero attached hydrogens (tertiary/aromatic N) is 2. The third-order valence-electron chi connectivity index (χ3n) is 3.54. The molecule has 2 heterocycles. The van der Waals surface area contributed by atoms with Gasteiger partial charge in [0.2, 0.25) is 0 Å². The van der Waals surface area contributed by atoms with E-state index in [4.69, 9.17) is 4.74 Å². The molecular formula is C15H19N3O. The van der Waals surface area contributed by atoms with Gasteiger partial charge in [-0.05, 0) is 44.1 Å². The average Bonchev–Trinajstić information content (AvgIpc) is 2.95. The Balaban J connectivity index is 1.66. The molecule has 4 heteroatoms. The summed E-state index contributed by atoms with van der Waals surface area (Å²) >= 11 is 0. The van der Waals surface area contributed by atoms with Crippen molar-refractivity contribution in [3.63, 3.8) is 0 Å². The van der Waals surface area contributed by atoms with Crippen LogP contribution in [0, 0.1) is 0 Å². The second kappa shape index (κ2) is 5.89. The predicted molar refractivity (Wildman–Crippen MR) is 74.1 cm³/mol. The van der Waals surface area contributed by atoms with Crippen molar-refractivity contribution < 1.29 is 4.74 Å². The highest BCUT2D eigenvalue weighted by Crippen LogP contribution is 2.20. The van der Waals surface area contributed by atoms with Gasteiger partial charge in [-0.15, -0.1) is 0 Å². The molecule has 1 N–H and O–H groups in total. The Kier molecular flexibility index (Phi) is 3.79. The third kappa shape index (κ3) is 2.96. The Morgan fingerprint density at radius 2 is 1.95 bits per heavy atom. The molecule has 1 aliphatic rings. The maximum atomic E-state index is 5.81. The summed E-state index contributed by atoms with van der Waals surface area (Å²) in [6, 6.07) is 12.5. The number of rotatable bonds is 4. The molecular weight excluding hydrogens is 238 g/mol. The second-order valence-electron chi connectivity index (χ2n) is 4.85. The van der Waals surface area contributed by atoms with E-state index in [2.05, 4.69) is 15.1 Å². The predicted octanol–water partition coefficient (Wildman–Crippen LogP) is 2.39. The molecule has 0 saturated carbocycles. The van der Waals surface area contributed by atoms with E-state index in [1.165, 1.54) is 0 Å². The van der Waals surface area contributed by atoms with Crippen LogP contribution in [-0.2, 0) is 6.61 Å². The van der Waals surface area contributed by atoms with E-state index in [0.29, 0.717) is 12.6 Å². The van der Waals surface area contributed by atoms with Crippen molar-refractivity contribution in [3.05, 3.63) is 48.3 Å². The van der Waals surface area contributed by atoms with Crippen molar-refractivity contribution in [1.29, 1.82) is 0 Å². The molecule has 0 unspecified atom stereocenters. The summed E-state index contributed by atoms with van der Waals surface area (Å²) in [5, 5.41) is 7.84. The molecule has 1 aliphatic heterocycles. The first-order valence-electron chi connectivity index (χ1n) is 6.84. The maximum Gasteiger partial charge on any atom is 0.130 e. The van der Waals surface area contributed by atoms with E-state index < -0.39 is 0 Å². The number of nitrogens with one attached hydrogen (secondary N) is 1. The molecule has 1 fully saturated rings. The Labute approximate surface area is 113 Å². The van der Waals surface area contributed by atoms with E-state index >= 15 is 0 Å². The van der Waals surface area contributed by atoms with Crippen molar-refractivity contribution in [2.24, 2.45) is 0 Å². The van der Waals surface area contributed by atoms with Crippen LogP contribution in [0.1, 0.15) is 24.6 Å².